The van der Waals surface area contributed by atoms with E-state index in [1.807, 2.05) is 63.2 Å². The lowest BCUT2D eigenvalue weighted by atomic mass is 10.0. The smallest absolute Gasteiger partial charge is 0.294 e. The lowest BCUT2D eigenvalue weighted by molar-refractivity contribution is -0.122. The van der Waals surface area contributed by atoms with E-state index in [0.29, 0.717) is 16.8 Å². The number of aromatic nitrogens is 1. The predicted molar refractivity (Wildman–Crippen MR) is 162 cm³/mol. The first-order valence-corrected chi connectivity index (χ1v) is 13.5. The largest absolute Gasteiger partial charge is 0.459 e. The molecule has 0 bridgehead atoms. The molecule has 206 valence electrons. The molecule has 3 aromatic heterocycles. The molecule has 2 amide bonds. The molecule has 1 aliphatic carbocycles. The number of nitrogens with zero attached hydrogens (tertiary/aromatic N) is 2. The van der Waals surface area contributed by atoms with Crippen LogP contribution in [0.1, 0.15) is 44.4 Å². The molecule has 41 heavy (non-hydrogen) atoms. The summed E-state index contributed by atoms with van der Waals surface area (Å²) in [5.74, 6) is -0.759. The summed E-state index contributed by atoms with van der Waals surface area (Å²) in [6, 6.07) is 18.5. The van der Waals surface area contributed by atoms with E-state index < -0.39 is 11.9 Å². The molecule has 1 N–H and O–H groups in total. The SMILES string of the molecule is CC.CC(NC(=O)C(c1cccnc1)N(C(=O)c1ccco1)c1ccc2c(c1)oc1ccccc12)C1=CC=C=C=C1.[HH]. The number of hydrogen-bond donors (Lipinski definition) is 1. The Morgan fingerprint density at radius 3 is 2.54 bits per heavy atom. The third-order valence-corrected chi connectivity index (χ3v) is 6.64. The average molecular weight is 546 g/mol. The van der Waals surface area contributed by atoms with Crippen molar-refractivity contribution in [2.45, 2.75) is 32.9 Å². The number of carbonyl (C=O) groups excluding carboxylic acids is 2. The Morgan fingerprint density at radius 1 is 0.976 bits per heavy atom. The second kappa shape index (κ2) is 12.2. The van der Waals surface area contributed by atoms with Crippen LogP contribution in [0, 0.1) is 0 Å². The highest BCUT2D eigenvalue weighted by atomic mass is 16.3. The zero-order valence-electron chi connectivity index (χ0n) is 23.0. The number of benzene rings is 2. The van der Waals surface area contributed by atoms with Crippen molar-refractivity contribution in [1.29, 1.82) is 0 Å². The minimum atomic E-state index is -1.06. The second-order valence-electron chi connectivity index (χ2n) is 9.12. The molecule has 2 aromatic carbocycles. The molecule has 3 heterocycles. The van der Waals surface area contributed by atoms with Crippen LogP contribution in [0.5, 0.6) is 0 Å². The summed E-state index contributed by atoms with van der Waals surface area (Å²) in [6.45, 7) is 5.88. The number of nitrogens with one attached hydrogen (secondary N) is 1. The van der Waals surface area contributed by atoms with Gasteiger partial charge in [0.05, 0.1) is 12.3 Å². The van der Waals surface area contributed by atoms with E-state index in [4.69, 9.17) is 8.83 Å². The minimum absolute atomic E-state index is 0. The van der Waals surface area contributed by atoms with Crippen molar-refractivity contribution in [3.63, 3.8) is 0 Å². The van der Waals surface area contributed by atoms with Crippen molar-refractivity contribution in [1.82, 2.24) is 10.3 Å². The van der Waals surface area contributed by atoms with Gasteiger partial charge in [0.25, 0.3) is 5.91 Å². The average Bonchev–Trinajstić information content (AvgIpc) is 3.69. The van der Waals surface area contributed by atoms with Crippen molar-refractivity contribution in [2.75, 3.05) is 4.90 Å². The molecule has 0 radical (unpaired) electrons. The summed E-state index contributed by atoms with van der Waals surface area (Å²) in [4.78, 5) is 33.7. The van der Waals surface area contributed by atoms with Crippen LogP contribution in [0.3, 0.4) is 0 Å². The Morgan fingerprint density at radius 2 is 1.80 bits per heavy atom. The zero-order chi connectivity index (χ0) is 28.8. The lowest BCUT2D eigenvalue weighted by Crippen LogP contribution is -2.46. The van der Waals surface area contributed by atoms with E-state index in [1.54, 1.807) is 54.9 Å². The van der Waals surface area contributed by atoms with Gasteiger partial charge >= 0.3 is 0 Å². The molecule has 2 unspecified atom stereocenters. The van der Waals surface area contributed by atoms with Crippen LogP contribution in [0.15, 0.2) is 129 Å². The Labute approximate surface area is 239 Å². The fourth-order valence-corrected chi connectivity index (χ4v) is 4.73. The Hall–Kier alpha value is -5.35. The zero-order valence-corrected chi connectivity index (χ0v) is 23.0. The summed E-state index contributed by atoms with van der Waals surface area (Å²) in [7, 11) is 0. The van der Waals surface area contributed by atoms with Gasteiger partial charge in [-0.1, -0.05) is 49.6 Å². The fraction of sp³-hybridized carbons (Fsp3) is 0.147. The molecule has 0 saturated heterocycles. The van der Waals surface area contributed by atoms with Crippen molar-refractivity contribution in [2.24, 2.45) is 0 Å². The van der Waals surface area contributed by atoms with E-state index in [1.165, 1.54) is 11.2 Å². The van der Waals surface area contributed by atoms with Crippen LogP contribution < -0.4 is 10.2 Å². The molecule has 7 nitrogen and oxygen atoms in total. The standard InChI is InChI=1S/C32H23N3O4.C2H6.H2/c1-21(22-9-3-2-4-10-22)34-31(36)30(23-11-7-17-33-20-23)35(32(37)28-14-8-18-38-28)24-15-16-26-25-12-5-6-13-27(25)39-29(26)19-24;1-2;/h3,5-21,30H,1H3,(H,34,36);1-2H3;1H. The summed E-state index contributed by atoms with van der Waals surface area (Å²) in [5.41, 5.74) is 8.99. The molecule has 0 fully saturated rings. The van der Waals surface area contributed by atoms with Gasteiger partial charge in [0.1, 0.15) is 17.2 Å². The molecule has 0 aliphatic heterocycles. The number of para-hydroxylation sites is 1. The van der Waals surface area contributed by atoms with E-state index in [-0.39, 0.29) is 19.1 Å². The second-order valence-corrected chi connectivity index (χ2v) is 9.12. The van der Waals surface area contributed by atoms with Crippen molar-refractivity contribution >= 4 is 39.4 Å². The molecular weight excluding hydrogens is 514 g/mol. The van der Waals surface area contributed by atoms with E-state index >= 15 is 0 Å². The highest BCUT2D eigenvalue weighted by Crippen LogP contribution is 2.35. The van der Waals surface area contributed by atoms with Gasteiger partial charge in [-0.25, -0.2) is 0 Å². The van der Waals surface area contributed by atoms with Gasteiger partial charge in [0.15, 0.2) is 5.76 Å². The first-order valence-electron chi connectivity index (χ1n) is 13.5. The van der Waals surface area contributed by atoms with Crippen molar-refractivity contribution in [3.05, 3.63) is 132 Å². The van der Waals surface area contributed by atoms with Crippen molar-refractivity contribution in [3.8, 4) is 0 Å². The van der Waals surface area contributed by atoms with Gasteiger partial charge in [-0.2, -0.15) is 0 Å². The van der Waals surface area contributed by atoms with Crippen LogP contribution in [-0.4, -0.2) is 22.8 Å². The highest BCUT2D eigenvalue weighted by molar-refractivity contribution is 6.11. The quantitative estimate of drug-likeness (QED) is 0.213. The lowest BCUT2D eigenvalue weighted by Gasteiger charge is -2.31. The number of fused-ring (bicyclic) bond motifs is 3. The minimum Gasteiger partial charge on any atom is -0.459 e. The summed E-state index contributed by atoms with van der Waals surface area (Å²) in [6.07, 6.45) is 10.0. The number of furan rings is 2. The van der Waals surface area contributed by atoms with Gasteiger partial charge in [0, 0.05) is 41.9 Å². The molecule has 5 aromatic rings. The third kappa shape index (κ3) is 5.54. The van der Waals surface area contributed by atoms with Crippen LogP contribution >= 0.6 is 0 Å². The molecule has 2 atom stereocenters. The van der Waals surface area contributed by atoms with Crippen LogP contribution in [0.25, 0.3) is 21.9 Å². The molecule has 6 rings (SSSR count). The van der Waals surface area contributed by atoms with Gasteiger partial charge in [-0.05, 0) is 67.1 Å². The maximum atomic E-state index is 14.0. The number of pyridine rings is 1. The molecular formula is C34H31N3O4. The van der Waals surface area contributed by atoms with Crippen molar-refractivity contribution < 1.29 is 19.9 Å². The van der Waals surface area contributed by atoms with E-state index in [0.717, 1.165) is 21.9 Å². The third-order valence-electron chi connectivity index (χ3n) is 6.64. The summed E-state index contributed by atoms with van der Waals surface area (Å²) in [5, 5.41) is 4.93. The Kier molecular flexibility index (Phi) is 8.12. The fourth-order valence-electron chi connectivity index (χ4n) is 4.73. The maximum absolute atomic E-state index is 14.0. The van der Waals surface area contributed by atoms with Crippen LogP contribution in [0.2, 0.25) is 0 Å². The highest BCUT2D eigenvalue weighted by Gasteiger charge is 2.35. The van der Waals surface area contributed by atoms with E-state index in [9.17, 15) is 9.59 Å². The summed E-state index contributed by atoms with van der Waals surface area (Å²) < 4.78 is 11.6. The van der Waals surface area contributed by atoms with Gasteiger partial charge in [0.2, 0.25) is 5.91 Å². The number of carbonyl (C=O) groups is 2. The Balaban J connectivity index is 0.00000132. The van der Waals surface area contributed by atoms with Gasteiger partial charge in [-0.3, -0.25) is 19.5 Å². The molecule has 0 spiro atoms. The number of rotatable bonds is 7. The summed E-state index contributed by atoms with van der Waals surface area (Å²) >= 11 is 0. The van der Waals surface area contributed by atoms with Gasteiger partial charge in [-0.15, -0.1) is 0 Å². The first kappa shape index (κ1) is 27.2. The number of amides is 2. The van der Waals surface area contributed by atoms with Gasteiger partial charge < -0.3 is 14.2 Å². The molecule has 7 heteroatoms. The van der Waals surface area contributed by atoms with Crippen LogP contribution in [-0.2, 0) is 4.79 Å². The molecule has 0 saturated carbocycles. The maximum Gasteiger partial charge on any atom is 0.294 e. The predicted octanol–water partition coefficient (Wildman–Crippen LogP) is 7.55. The number of hydrogen-bond acceptors (Lipinski definition) is 5. The normalized spacial score (nSPS) is 13.3. The monoisotopic (exact) mass is 545 g/mol. The molecule has 1 aliphatic rings. The van der Waals surface area contributed by atoms with Crippen LogP contribution in [0.4, 0.5) is 5.69 Å². The number of allylic oxidation sites excluding steroid dienone is 2. The topological polar surface area (TPSA) is 88.6 Å². The Bertz CT molecular complexity index is 1830. The first-order chi connectivity index (χ1) is 20.1. The van der Waals surface area contributed by atoms with E-state index in [2.05, 4.69) is 21.8 Å². The number of anilines is 1.